The van der Waals surface area contributed by atoms with Gasteiger partial charge in [0.25, 0.3) is 6.29 Å². The number of aryl methyl sites for hydroxylation is 1. The van der Waals surface area contributed by atoms with Crippen molar-refractivity contribution < 1.29 is 66.6 Å². The van der Waals surface area contributed by atoms with Gasteiger partial charge in [-0.2, -0.15) is 13.2 Å². The van der Waals surface area contributed by atoms with Crippen LogP contribution in [0.1, 0.15) is 18.1 Å². The topological polar surface area (TPSA) is 124 Å². The van der Waals surface area contributed by atoms with Crippen LogP contribution in [-0.4, -0.2) is 59.2 Å². The van der Waals surface area contributed by atoms with E-state index in [1.807, 2.05) is 0 Å². The van der Waals surface area contributed by atoms with Crippen molar-refractivity contribution in [2.75, 3.05) is 13.6 Å². The lowest BCUT2D eigenvalue weighted by atomic mass is 9.99. The number of fused-ring (bicyclic) bond motifs is 1. The van der Waals surface area contributed by atoms with E-state index in [1.165, 1.54) is 0 Å². The van der Waals surface area contributed by atoms with E-state index in [0.717, 1.165) is 20.9 Å². The van der Waals surface area contributed by atoms with Crippen LogP contribution in [-0.2, 0) is 19.2 Å². The molecule has 1 aromatic carbocycles. The number of carboxylic acid groups (broad SMARTS) is 1. The van der Waals surface area contributed by atoms with E-state index < -0.39 is 74.6 Å². The van der Waals surface area contributed by atoms with E-state index >= 15 is 0 Å². The van der Waals surface area contributed by atoms with E-state index in [-0.39, 0.29) is 23.2 Å². The van der Waals surface area contributed by atoms with E-state index in [2.05, 4.69) is 19.6 Å². The van der Waals surface area contributed by atoms with Gasteiger partial charge < -0.3 is 19.8 Å². The molecule has 1 heterocycles. The Morgan fingerprint density at radius 2 is 1.86 bits per heavy atom. The molecule has 0 aromatic heterocycles. The highest BCUT2D eigenvalue weighted by Crippen LogP contribution is 3.02. The summed E-state index contributed by atoms with van der Waals surface area (Å²) in [7, 11) is -9.27. The molecule has 1 aromatic rings. The van der Waals surface area contributed by atoms with Crippen LogP contribution in [0.25, 0.3) is 6.08 Å². The summed E-state index contributed by atoms with van der Waals surface area (Å²) in [5.74, 6) is -4.10. The molecule has 2 rings (SSSR count). The van der Waals surface area contributed by atoms with Gasteiger partial charge in [0.05, 0.1) is 17.6 Å². The van der Waals surface area contributed by atoms with Crippen molar-refractivity contribution in [3.8, 4) is 5.75 Å². The quantitative estimate of drug-likeness (QED) is 0.117. The third kappa shape index (κ3) is 7.01. The Labute approximate surface area is 196 Å². The van der Waals surface area contributed by atoms with E-state index in [0.29, 0.717) is 5.01 Å². The van der Waals surface area contributed by atoms with Crippen LogP contribution >= 0.6 is 10.2 Å². The number of aliphatic carboxylic acids is 1. The molecule has 0 aliphatic carbocycles. The van der Waals surface area contributed by atoms with Gasteiger partial charge in [0.1, 0.15) is 10.6 Å². The summed E-state index contributed by atoms with van der Waals surface area (Å²) >= 11 is 0. The first kappa shape index (κ1) is 28.7. The van der Waals surface area contributed by atoms with Gasteiger partial charge in [-0.25, -0.2) is 4.79 Å². The summed E-state index contributed by atoms with van der Waals surface area (Å²) in [6, 6.07) is -0.231. The molecule has 0 amide bonds. The normalized spacial score (nSPS) is 19.0. The number of carbonyl (C=O) groups is 2. The molecule has 0 radical (unpaired) electrons. The molecular formula is C17H17F8N3O7S. The number of carbonyl (C=O) groups excluding carboxylic acids is 1. The zero-order chi connectivity index (χ0) is 27.9. The average Bonchev–Trinajstić information content (AvgIpc) is 2.68. The number of likely N-dealkylation sites (N-methyl/N-ethyl adjacent to an activating group) is 1. The molecule has 19 heteroatoms. The number of ether oxygens (including phenoxy) is 2. The first-order valence-electron chi connectivity index (χ1n) is 9.31. The van der Waals surface area contributed by atoms with Crippen LogP contribution in [0.15, 0.2) is 27.9 Å². The van der Waals surface area contributed by atoms with Gasteiger partial charge >= 0.3 is 28.3 Å². The minimum atomic E-state index is -10.2. The number of halogens is 8. The molecule has 0 fully saturated rings. The molecule has 1 aliphatic heterocycles. The number of nitrogens with zero attached hydrogens (tertiary/aromatic N) is 3. The SMILES string of the molecule is Cc1cc(S(F)(F)(F)(F)F)cc2c1O[C@H](C(F)(F)F)C(C(=O)OC(C)O/N=[N+](\[O-])N(C)CC(=O)O)=C2. The van der Waals surface area contributed by atoms with Gasteiger partial charge in [-0.15, -0.1) is 5.01 Å². The van der Waals surface area contributed by atoms with Gasteiger partial charge in [-0.1, -0.05) is 19.4 Å². The molecule has 0 saturated carbocycles. The number of hydrogen-bond acceptors (Lipinski definition) is 7. The van der Waals surface area contributed by atoms with Crippen molar-refractivity contribution in [2.24, 2.45) is 5.28 Å². The number of hydrogen-bond donors (Lipinski definition) is 1. The lowest BCUT2D eigenvalue weighted by Gasteiger charge is -2.41. The Hall–Kier alpha value is -3.51. The first-order chi connectivity index (χ1) is 16.0. The number of esters is 1. The summed E-state index contributed by atoms with van der Waals surface area (Å²) < 4.78 is 116. The summed E-state index contributed by atoms with van der Waals surface area (Å²) in [5, 5.41) is 23.4. The van der Waals surface area contributed by atoms with Crippen LogP contribution < -0.4 is 4.74 Å². The second-order valence-corrected chi connectivity index (χ2v) is 9.80. The zero-order valence-electron chi connectivity index (χ0n) is 18.3. The molecule has 1 N–H and O–H groups in total. The maximum absolute atomic E-state index is 13.5. The molecule has 0 spiro atoms. The first-order valence-corrected chi connectivity index (χ1v) is 11.3. The molecule has 1 aliphatic rings. The molecule has 36 heavy (non-hydrogen) atoms. The number of rotatable bonds is 8. The molecule has 0 saturated heterocycles. The number of benzene rings is 1. The Bertz CT molecular complexity index is 1140. The van der Waals surface area contributed by atoms with Crippen LogP contribution in [0.4, 0.5) is 32.6 Å². The highest BCUT2D eigenvalue weighted by Gasteiger charge is 2.65. The highest BCUT2D eigenvalue weighted by molar-refractivity contribution is 8.45. The Morgan fingerprint density at radius 3 is 2.36 bits per heavy atom. The largest absolute Gasteiger partial charge is 0.569 e. The maximum Gasteiger partial charge on any atom is 0.430 e. The van der Waals surface area contributed by atoms with Crippen molar-refractivity contribution in [3.05, 3.63) is 34.0 Å². The fourth-order valence-electron chi connectivity index (χ4n) is 2.76. The standard InChI is InChI=1S/C17H17F8N3O7S/c1-8-4-11(36(21,22,23,24)25)5-10-6-12(15(17(18,19)20)34-14(8)10)16(31)33-9(2)35-26-28(32)27(3)7-13(29)30/h4-6,9,15H,7H2,1-3H3,(H,29,30)/b28-26-/t9?,15-/m0/s1. The van der Waals surface area contributed by atoms with Crippen molar-refractivity contribution in [2.45, 2.75) is 37.3 Å². The summed E-state index contributed by atoms with van der Waals surface area (Å²) in [4.78, 5) is 24.5. The second-order valence-electron chi connectivity index (χ2n) is 7.39. The fraction of sp³-hybridized carbons (Fsp3) is 0.412. The predicted molar refractivity (Wildman–Crippen MR) is 104 cm³/mol. The van der Waals surface area contributed by atoms with Crippen LogP contribution in [0.2, 0.25) is 0 Å². The lowest BCUT2D eigenvalue weighted by Crippen LogP contribution is -2.41. The summed E-state index contributed by atoms with van der Waals surface area (Å²) in [5.41, 5.74) is -3.01. The molecule has 2 atom stereocenters. The van der Waals surface area contributed by atoms with Crippen molar-refractivity contribution in [3.63, 3.8) is 0 Å². The van der Waals surface area contributed by atoms with E-state index in [1.54, 1.807) is 0 Å². The van der Waals surface area contributed by atoms with Crippen molar-refractivity contribution in [1.29, 1.82) is 0 Å². The third-order valence-corrected chi connectivity index (χ3v) is 5.41. The number of alkyl halides is 3. The molecular weight excluding hydrogens is 542 g/mol. The molecule has 10 nitrogen and oxygen atoms in total. The van der Waals surface area contributed by atoms with E-state index in [4.69, 9.17) is 5.11 Å². The van der Waals surface area contributed by atoms with Gasteiger partial charge in [0.2, 0.25) is 11.4 Å². The van der Waals surface area contributed by atoms with Crippen LogP contribution in [0, 0.1) is 12.1 Å². The average molecular weight is 559 g/mol. The Balaban J connectivity index is 2.40. The van der Waals surface area contributed by atoms with Gasteiger partial charge in [0, 0.05) is 12.5 Å². The van der Waals surface area contributed by atoms with Gasteiger partial charge in [0.15, 0.2) is 6.54 Å². The zero-order valence-corrected chi connectivity index (χ0v) is 19.1. The summed E-state index contributed by atoms with van der Waals surface area (Å²) in [6.07, 6.45) is -9.97. The smallest absolute Gasteiger partial charge is 0.430 e. The summed E-state index contributed by atoms with van der Waals surface area (Å²) in [6.45, 7) is 0.856. The predicted octanol–water partition coefficient (Wildman–Crippen LogP) is 5.07. The van der Waals surface area contributed by atoms with Crippen LogP contribution in [0.5, 0.6) is 5.75 Å². The van der Waals surface area contributed by atoms with Gasteiger partial charge in [-0.05, 0) is 30.7 Å². The molecule has 0 bridgehead atoms. The van der Waals surface area contributed by atoms with Crippen LogP contribution in [0.3, 0.4) is 0 Å². The minimum absolute atomic E-state index is 0.0710. The van der Waals surface area contributed by atoms with E-state index in [9.17, 15) is 47.4 Å². The van der Waals surface area contributed by atoms with Crippen molar-refractivity contribution in [1.82, 2.24) is 5.01 Å². The monoisotopic (exact) mass is 559 g/mol. The highest BCUT2D eigenvalue weighted by atomic mass is 32.5. The fourth-order valence-corrected chi connectivity index (χ4v) is 3.51. The minimum Gasteiger partial charge on any atom is -0.569 e. The Morgan fingerprint density at radius 1 is 1.28 bits per heavy atom. The van der Waals surface area contributed by atoms with Crippen molar-refractivity contribution >= 4 is 28.2 Å². The maximum atomic E-state index is 13.5. The third-order valence-electron chi connectivity index (χ3n) is 4.28. The number of carboxylic acids is 1. The Kier molecular flexibility index (Phi) is 6.83. The second kappa shape index (κ2) is 8.56. The molecule has 204 valence electrons. The lowest BCUT2D eigenvalue weighted by molar-refractivity contribution is -0.705. The molecule has 1 unspecified atom stereocenters. The van der Waals surface area contributed by atoms with Gasteiger partial charge in [-0.3, -0.25) is 9.63 Å². The number of hydrazine groups is 1.